The zero-order chi connectivity index (χ0) is 22.3. The highest BCUT2D eigenvalue weighted by molar-refractivity contribution is 6.09. The summed E-state index contributed by atoms with van der Waals surface area (Å²) in [7, 11) is 1.88. The van der Waals surface area contributed by atoms with Crippen LogP contribution >= 0.6 is 0 Å². The van der Waals surface area contributed by atoms with Gasteiger partial charge < -0.3 is 14.9 Å². The van der Waals surface area contributed by atoms with Crippen LogP contribution < -0.4 is 4.74 Å². The third kappa shape index (κ3) is 3.87. The molecule has 0 amide bonds. The molecule has 0 aliphatic carbocycles. The van der Waals surface area contributed by atoms with Crippen LogP contribution in [0.5, 0.6) is 5.75 Å². The Bertz CT molecular complexity index is 1150. The van der Waals surface area contributed by atoms with E-state index in [-0.39, 0.29) is 16.7 Å². The van der Waals surface area contributed by atoms with Crippen LogP contribution in [-0.4, -0.2) is 45.3 Å². The summed E-state index contributed by atoms with van der Waals surface area (Å²) in [6.07, 6.45) is 8.05. The third-order valence-corrected chi connectivity index (χ3v) is 5.71. The number of aryl methyl sites for hydroxylation is 1. The van der Waals surface area contributed by atoms with E-state index in [0.717, 1.165) is 45.6 Å². The third-order valence-electron chi connectivity index (χ3n) is 5.71. The van der Waals surface area contributed by atoms with Gasteiger partial charge in [-0.25, -0.2) is 4.79 Å². The van der Waals surface area contributed by atoms with Crippen LogP contribution in [0.25, 0.3) is 16.7 Å². The monoisotopic (exact) mass is 421 g/mol. The Labute approximate surface area is 181 Å². The molecule has 2 aliphatic heterocycles. The molecule has 162 valence electrons. The first kappa shape index (κ1) is 20.9. The van der Waals surface area contributed by atoms with Crippen molar-refractivity contribution in [3.8, 4) is 16.9 Å². The molecule has 0 bridgehead atoms. The number of ether oxygens (including phenoxy) is 1. The Morgan fingerprint density at radius 3 is 2.61 bits per heavy atom. The molecule has 3 heterocycles. The summed E-state index contributed by atoms with van der Waals surface area (Å²) in [6.45, 7) is 7.22. The summed E-state index contributed by atoms with van der Waals surface area (Å²) in [4.78, 5) is 15.9. The van der Waals surface area contributed by atoms with Crippen molar-refractivity contribution in [1.29, 1.82) is 0 Å². The summed E-state index contributed by atoms with van der Waals surface area (Å²) < 4.78 is 7.80. The maximum absolute atomic E-state index is 11.7. The molecule has 0 atom stereocenters. The maximum atomic E-state index is 11.7. The molecule has 2 aromatic rings. The Morgan fingerprint density at radius 2 is 1.97 bits per heavy atom. The Kier molecular flexibility index (Phi) is 5.21. The first-order valence-corrected chi connectivity index (χ1v) is 10.4. The molecule has 0 radical (unpaired) electrons. The van der Waals surface area contributed by atoms with Crippen LogP contribution in [0.4, 0.5) is 0 Å². The highest BCUT2D eigenvalue weighted by Gasteiger charge is 2.30. The van der Waals surface area contributed by atoms with Gasteiger partial charge in [-0.2, -0.15) is 5.10 Å². The van der Waals surface area contributed by atoms with Gasteiger partial charge in [-0.3, -0.25) is 9.67 Å². The van der Waals surface area contributed by atoms with Crippen LogP contribution in [0.1, 0.15) is 37.5 Å². The minimum Gasteiger partial charge on any atom is -0.507 e. The average Bonchev–Trinajstić information content (AvgIpc) is 3.33. The number of carboxylic acid groups (broad SMARTS) is 1. The number of carbonyl (C=O) groups is 1. The molecule has 2 aliphatic rings. The van der Waals surface area contributed by atoms with E-state index in [4.69, 9.17) is 4.74 Å². The number of allylic oxidation sites excluding steroid dienone is 2. The van der Waals surface area contributed by atoms with Crippen LogP contribution in [0.3, 0.4) is 0 Å². The van der Waals surface area contributed by atoms with Crippen molar-refractivity contribution >= 4 is 17.8 Å². The molecule has 0 saturated carbocycles. The summed E-state index contributed by atoms with van der Waals surface area (Å²) in [6, 6.07) is 2.09. The second-order valence-electron chi connectivity index (χ2n) is 8.96. The molecule has 0 fully saturated rings. The number of aliphatic imine (C=N–C) groups is 1. The number of aliphatic hydroxyl groups excluding tert-OH is 1. The molecule has 0 unspecified atom stereocenters. The number of aliphatic hydroxyl groups is 1. The van der Waals surface area contributed by atoms with Gasteiger partial charge in [0.2, 0.25) is 0 Å². The van der Waals surface area contributed by atoms with Gasteiger partial charge in [-0.1, -0.05) is 20.8 Å². The van der Waals surface area contributed by atoms with Crippen LogP contribution in [0.15, 0.2) is 40.9 Å². The van der Waals surface area contributed by atoms with Crippen LogP contribution in [0.2, 0.25) is 0 Å². The quantitative estimate of drug-likeness (QED) is 0.765. The topological polar surface area (TPSA) is 96.9 Å². The Balaban J connectivity index is 2.05. The second kappa shape index (κ2) is 7.72. The molecular formula is C24H27N3O4. The molecule has 2 N–H and O–H groups in total. The zero-order valence-corrected chi connectivity index (χ0v) is 18.3. The van der Waals surface area contributed by atoms with Gasteiger partial charge in [0.05, 0.1) is 12.8 Å². The van der Waals surface area contributed by atoms with Crippen molar-refractivity contribution in [3.05, 3.63) is 52.6 Å². The smallest absolute Gasteiger partial charge is 0.341 e. The number of hydrogen-bond donors (Lipinski definition) is 2. The van der Waals surface area contributed by atoms with Crippen molar-refractivity contribution in [1.82, 2.24) is 9.78 Å². The standard InChI is InChI=1S/C24H27N3O4/c1-24(2,3)20-10-21(28)19(23(29)30)12-25-7-5-15-16-6-8-31-22(16)17(9-18(15)20)14-11-26-27(4)13-14/h9-13,28H,5-8H2,1-4H3,(H,29,30). The number of fused-ring (bicyclic) bond motifs is 3. The number of rotatable bonds is 2. The first-order chi connectivity index (χ1) is 14.7. The molecule has 7 heteroatoms. The van der Waals surface area contributed by atoms with Crippen LogP contribution in [-0.2, 0) is 24.7 Å². The van der Waals surface area contributed by atoms with Gasteiger partial charge in [0.1, 0.15) is 17.1 Å². The number of nitrogens with zero attached hydrogens (tertiary/aromatic N) is 3. The number of benzene rings is 1. The summed E-state index contributed by atoms with van der Waals surface area (Å²) in [5.41, 5.74) is 5.52. The number of aromatic nitrogens is 2. The Morgan fingerprint density at radius 1 is 1.19 bits per heavy atom. The summed E-state index contributed by atoms with van der Waals surface area (Å²) in [5.74, 6) is -0.620. The van der Waals surface area contributed by atoms with E-state index >= 15 is 0 Å². The lowest BCUT2D eigenvalue weighted by Crippen LogP contribution is -2.15. The molecular weight excluding hydrogens is 394 g/mol. The fraction of sp³-hybridized carbons (Fsp3) is 0.375. The molecule has 0 spiro atoms. The lowest BCUT2D eigenvalue weighted by Gasteiger charge is -2.28. The van der Waals surface area contributed by atoms with Crippen molar-refractivity contribution in [2.45, 2.75) is 33.6 Å². The first-order valence-electron chi connectivity index (χ1n) is 10.4. The minimum atomic E-state index is -1.20. The lowest BCUT2D eigenvalue weighted by atomic mass is 9.77. The van der Waals surface area contributed by atoms with Gasteiger partial charge in [-0.15, -0.1) is 0 Å². The average molecular weight is 421 g/mol. The van der Waals surface area contributed by atoms with E-state index < -0.39 is 5.97 Å². The lowest BCUT2D eigenvalue weighted by molar-refractivity contribution is -0.132. The fourth-order valence-corrected chi connectivity index (χ4v) is 4.22. The predicted molar refractivity (Wildman–Crippen MR) is 120 cm³/mol. The van der Waals surface area contributed by atoms with Gasteiger partial charge >= 0.3 is 5.97 Å². The number of hydrogen-bond acceptors (Lipinski definition) is 5. The number of aliphatic carboxylic acids is 1. The summed E-state index contributed by atoms with van der Waals surface area (Å²) in [5, 5.41) is 24.5. The van der Waals surface area contributed by atoms with Crippen molar-refractivity contribution in [3.63, 3.8) is 0 Å². The fourth-order valence-electron chi connectivity index (χ4n) is 4.22. The van der Waals surface area contributed by atoms with Crippen LogP contribution in [0, 0.1) is 5.41 Å². The molecule has 7 nitrogen and oxygen atoms in total. The summed E-state index contributed by atoms with van der Waals surface area (Å²) >= 11 is 0. The van der Waals surface area contributed by atoms with E-state index in [1.54, 1.807) is 10.8 Å². The predicted octanol–water partition coefficient (Wildman–Crippen LogP) is 3.98. The van der Waals surface area contributed by atoms with Gasteiger partial charge in [0, 0.05) is 49.1 Å². The molecule has 4 rings (SSSR count). The minimum absolute atomic E-state index is 0.206. The molecule has 31 heavy (non-hydrogen) atoms. The molecule has 1 aromatic heterocycles. The van der Waals surface area contributed by atoms with E-state index in [0.29, 0.717) is 19.6 Å². The highest BCUT2D eigenvalue weighted by atomic mass is 16.5. The zero-order valence-electron chi connectivity index (χ0n) is 18.3. The largest absolute Gasteiger partial charge is 0.507 e. The van der Waals surface area contributed by atoms with E-state index in [9.17, 15) is 15.0 Å². The van der Waals surface area contributed by atoms with E-state index in [1.807, 2.05) is 19.4 Å². The van der Waals surface area contributed by atoms with Gasteiger partial charge in [0.15, 0.2) is 0 Å². The Hall–Kier alpha value is -3.35. The maximum Gasteiger partial charge on any atom is 0.341 e. The van der Waals surface area contributed by atoms with Gasteiger partial charge in [0.25, 0.3) is 0 Å². The molecule has 0 saturated heterocycles. The van der Waals surface area contributed by atoms with E-state index in [2.05, 4.69) is 36.9 Å². The SMILES string of the molecule is Cn1cc(-c2cc3c(c4c2OCC4)CCN=CC(C(=O)O)=C(O)C=C3C(C)(C)C)cn1. The van der Waals surface area contributed by atoms with Gasteiger partial charge in [-0.05, 0) is 40.7 Å². The van der Waals surface area contributed by atoms with Crippen molar-refractivity contribution < 1.29 is 19.7 Å². The van der Waals surface area contributed by atoms with Crippen molar-refractivity contribution in [2.24, 2.45) is 17.5 Å². The van der Waals surface area contributed by atoms with Crippen molar-refractivity contribution in [2.75, 3.05) is 13.2 Å². The number of carboxylic acids is 1. The highest BCUT2D eigenvalue weighted by Crippen LogP contribution is 2.46. The normalized spacial score (nSPS) is 16.5. The molecule has 1 aromatic carbocycles. The second-order valence-corrected chi connectivity index (χ2v) is 8.96. The van der Waals surface area contributed by atoms with E-state index in [1.165, 1.54) is 6.21 Å².